The molecule has 0 aliphatic heterocycles. The van der Waals surface area contributed by atoms with Crippen LogP contribution in [0.4, 0.5) is 0 Å². The van der Waals surface area contributed by atoms with Crippen LogP contribution in [0.1, 0.15) is 41.9 Å². The molecule has 92 valence electrons. The van der Waals surface area contributed by atoms with Crippen molar-refractivity contribution in [3.8, 4) is 0 Å². The van der Waals surface area contributed by atoms with E-state index in [2.05, 4.69) is 44.3 Å². The van der Waals surface area contributed by atoms with E-state index in [0.29, 0.717) is 12.1 Å². The topological polar surface area (TPSA) is 24.9 Å². The molecule has 1 heterocycles. The Balaban J connectivity index is 2.74. The van der Waals surface area contributed by atoms with Gasteiger partial charge in [0.05, 0.1) is 11.7 Å². The third-order valence-electron chi connectivity index (χ3n) is 2.49. The van der Waals surface area contributed by atoms with Crippen LogP contribution in [0.2, 0.25) is 0 Å². The second-order valence-corrected chi connectivity index (χ2v) is 6.57. The first-order valence-electron chi connectivity index (χ1n) is 5.73. The van der Waals surface area contributed by atoms with Gasteiger partial charge in [-0.2, -0.15) is 11.8 Å². The summed E-state index contributed by atoms with van der Waals surface area (Å²) in [5.41, 5.74) is 1.18. The normalized spacial score (nSPS) is 13.4. The maximum absolute atomic E-state index is 4.66. The molecule has 1 atom stereocenters. The van der Waals surface area contributed by atoms with E-state index in [-0.39, 0.29) is 0 Å². The lowest BCUT2D eigenvalue weighted by atomic mass is 10.2. The molecule has 0 aromatic carbocycles. The molecule has 0 fully saturated rings. The first kappa shape index (κ1) is 14.0. The lowest BCUT2D eigenvalue weighted by Gasteiger charge is -2.18. The number of hydrogen-bond acceptors (Lipinski definition) is 4. The van der Waals surface area contributed by atoms with E-state index >= 15 is 0 Å². The number of nitrogens with zero attached hydrogens (tertiary/aromatic N) is 1. The molecule has 0 amide bonds. The standard InChI is InChI=1S/C12H22N2S2/c1-8(2)13-11(6-7-15-5)12-14-9(3)10(4)16-12/h8,11,13H,6-7H2,1-5H3. The number of hydrogen-bond donors (Lipinski definition) is 1. The van der Waals surface area contributed by atoms with Crippen molar-refractivity contribution in [3.05, 3.63) is 15.6 Å². The van der Waals surface area contributed by atoms with Gasteiger partial charge < -0.3 is 5.32 Å². The van der Waals surface area contributed by atoms with Gasteiger partial charge in [-0.3, -0.25) is 0 Å². The monoisotopic (exact) mass is 258 g/mol. The lowest BCUT2D eigenvalue weighted by molar-refractivity contribution is 0.467. The Bertz CT molecular complexity index is 301. The number of thioether (sulfide) groups is 1. The summed E-state index contributed by atoms with van der Waals surface area (Å²) in [5.74, 6) is 1.18. The fourth-order valence-electron chi connectivity index (χ4n) is 1.56. The molecule has 1 rings (SSSR count). The van der Waals surface area contributed by atoms with Crippen LogP contribution in [0.15, 0.2) is 0 Å². The average Bonchev–Trinajstić information content (AvgIpc) is 2.53. The molecule has 0 saturated carbocycles. The van der Waals surface area contributed by atoms with Gasteiger partial charge in [-0.25, -0.2) is 4.98 Å². The van der Waals surface area contributed by atoms with Gasteiger partial charge in [0.2, 0.25) is 0 Å². The highest BCUT2D eigenvalue weighted by molar-refractivity contribution is 7.98. The van der Waals surface area contributed by atoms with Gasteiger partial charge in [-0.15, -0.1) is 11.3 Å². The zero-order chi connectivity index (χ0) is 12.1. The summed E-state index contributed by atoms with van der Waals surface area (Å²) >= 11 is 3.73. The Morgan fingerprint density at radius 2 is 2.06 bits per heavy atom. The van der Waals surface area contributed by atoms with Crippen molar-refractivity contribution in [2.45, 2.75) is 46.2 Å². The van der Waals surface area contributed by atoms with Crippen LogP contribution in [0.25, 0.3) is 0 Å². The van der Waals surface area contributed by atoms with Crippen LogP contribution >= 0.6 is 23.1 Å². The fraction of sp³-hybridized carbons (Fsp3) is 0.750. The molecule has 0 aliphatic carbocycles. The van der Waals surface area contributed by atoms with Crippen molar-refractivity contribution < 1.29 is 0 Å². The quantitative estimate of drug-likeness (QED) is 0.844. The Hall–Kier alpha value is -0.0600. The van der Waals surface area contributed by atoms with Gasteiger partial charge >= 0.3 is 0 Å². The van der Waals surface area contributed by atoms with E-state index in [9.17, 15) is 0 Å². The van der Waals surface area contributed by atoms with Crippen molar-refractivity contribution in [1.29, 1.82) is 0 Å². The van der Waals surface area contributed by atoms with Gasteiger partial charge in [-0.05, 0) is 32.3 Å². The summed E-state index contributed by atoms with van der Waals surface area (Å²) in [6.45, 7) is 8.63. The number of aromatic nitrogens is 1. The molecule has 1 aromatic rings. The zero-order valence-corrected chi connectivity index (χ0v) is 12.5. The summed E-state index contributed by atoms with van der Waals surface area (Å²) in [5, 5.41) is 4.85. The average molecular weight is 258 g/mol. The molecule has 1 unspecified atom stereocenters. The molecule has 2 nitrogen and oxygen atoms in total. The Kier molecular flexibility index (Phi) is 5.79. The third kappa shape index (κ3) is 4.07. The molecule has 4 heteroatoms. The zero-order valence-electron chi connectivity index (χ0n) is 10.8. The van der Waals surface area contributed by atoms with Gasteiger partial charge in [0.1, 0.15) is 5.01 Å². The molecule has 1 aromatic heterocycles. The summed E-state index contributed by atoms with van der Waals surface area (Å²) in [6, 6.07) is 0.932. The second kappa shape index (κ2) is 6.62. The maximum Gasteiger partial charge on any atom is 0.110 e. The predicted octanol–water partition coefficient (Wildman–Crippen LogP) is 3.55. The van der Waals surface area contributed by atoms with E-state index < -0.39 is 0 Å². The van der Waals surface area contributed by atoms with Crippen LogP contribution in [-0.4, -0.2) is 23.0 Å². The van der Waals surface area contributed by atoms with Crippen molar-refractivity contribution in [2.75, 3.05) is 12.0 Å². The minimum Gasteiger partial charge on any atom is -0.306 e. The molecule has 0 aliphatic rings. The molecule has 1 N–H and O–H groups in total. The van der Waals surface area contributed by atoms with E-state index in [0.717, 1.165) is 6.42 Å². The first-order chi connectivity index (χ1) is 7.54. The van der Waals surface area contributed by atoms with Crippen LogP contribution in [-0.2, 0) is 0 Å². The summed E-state index contributed by atoms with van der Waals surface area (Å²) in [4.78, 5) is 6.01. The van der Waals surface area contributed by atoms with Crippen molar-refractivity contribution in [3.63, 3.8) is 0 Å². The molecule has 0 bridgehead atoms. The molecular weight excluding hydrogens is 236 g/mol. The smallest absolute Gasteiger partial charge is 0.110 e. The summed E-state index contributed by atoms with van der Waals surface area (Å²) in [7, 11) is 0. The minimum atomic E-state index is 0.421. The highest BCUT2D eigenvalue weighted by Gasteiger charge is 2.16. The number of rotatable bonds is 6. The van der Waals surface area contributed by atoms with Crippen molar-refractivity contribution >= 4 is 23.1 Å². The lowest BCUT2D eigenvalue weighted by Crippen LogP contribution is -2.28. The minimum absolute atomic E-state index is 0.421. The van der Waals surface area contributed by atoms with Crippen LogP contribution in [0.3, 0.4) is 0 Å². The van der Waals surface area contributed by atoms with E-state index in [1.165, 1.54) is 21.3 Å². The number of aryl methyl sites for hydroxylation is 2. The molecular formula is C12H22N2S2. The van der Waals surface area contributed by atoms with Gasteiger partial charge in [0, 0.05) is 10.9 Å². The fourth-order valence-corrected chi connectivity index (χ4v) is 3.05. The Morgan fingerprint density at radius 1 is 1.38 bits per heavy atom. The second-order valence-electron chi connectivity index (χ2n) is 4.35. The SMILES string of the molecule is CSCCC(NC(C)C)c1nc(C)c(C)s1. The molecule has 0 saturated heterocycles. The van der Waals surface area contributed by atoms with Crippen molar-refractivity contribution in [2.24, 2.45) is 0 Å². The predicted molar refractivity (Wildman–Crippen MR) is 75.6 cm³/mol. The van der Waals surface area contributed by atoms with Crippen LogP contribution < -0.4 is 5.32 Å². The number of nitrogens with one attached hydrogen (secondary N) is 1. The summed E-state index contributed by atoms with van der Waals surface area (Å²) < 4.78 is 0. The highest BCUT2D eigenvalue weighted by Crippen LogP contribution is 2.26. The third-order valence-corrected chi connectivity index (χ3v) is 4.32. The van der Waals surface area contributed by atoms with Crippen LogP contribution in [0.5, 0.6) is 0 Å². The molecule has 16 heavy (non-hydrogen) atoms. The van der Waals surface area contributed by atoms with Crippen molar-refractivity contribution in [1.82, 2.24) is 10.3 Å². The molecule has 0 spiro atoms. The Labute approximate surface area is 107 Å². The van der Waals surface area contributed by atoms with Crippen LogP contribution in [0, 0.1) is 13.8 Å². The molecule has 0 radical (unpaired) electrons. The van der Waals surface area contributed by atoms with Gasteiger partial charge in [0.25, 0.3) is 0 Å². The first-order valence-corrected chi connectivity index (χ1v) is 7.94. The largest absolute Gasteiger partial charge is 0.306 e. The van der Waals surface area contributed by atoms with Gasteiger partial charge in [0.15, 0.2) is 0 Å². The number of thiazole rings is 1. The Morgan fingerprint density at radius 3 is 2.50 bits per heavy atom. The van der Waals surface area contributed by atoms with E-state index in [1.807, 2.05) is 23.1 Å². The van der Waals surface area contributed by atoms with E-state index in [4.69, 9.17) is 0 Å². The van der Waals surface area contributed by atoms with Gasteiger partial charge in [-0.1, -0.05) is 13.8 Å². The maximum atomic E-state index is 4.66. The summed E-state index contributed by atoms with van der Waals surface area (Å²) in [6.07, 6.45) is 3.32. The van der Waals surface area contributed by atoms with E-state index in [1.54, 1.807) is 0 Å². The highest BCUT2D eigenvalue weighted by atomic mass is 32.2.